The molecule has 4 nitrogen and oxygen atoms in total. The maximum Gasteiger partial charge on any atom is 0.0594 e. The summed E-state index contributed by atoms with van der Waals surface area (Å²) in [6, 6.07) is 0.197. The number of hydroxylamine groups is 1. The van der Waals surface area contributed by atoms with E-state index in [0.29, 0.717) is 0 Å². The molecule has 2 N–H and O–H groups in total. The van der Waals surface area contributed by atoms with Gasteiger partial charge < -0.3 is 9.94 Å². The molecule has 4 heteroatoms. The second-order valence-corrected chi connectivity index (χ2v) is 3.15. The highest BCUT2D eigenvalue weighted by molar-refractivity contribution is 4.69. The lowest BCUT2D eigenvalue weighted by Crippen LogP contribution is -2.44. The maximum absolute atomic E-state index is 8.75. The van der Waals surface area contributed by atoms with Crippen molar-refractivity contribution in [3.63, 3.8) is 0 Å². The minimum atomic E-state index is 0.197. The Kier molecular flexibility index (Phi) is 4.53. The lowest BCUT2D eigenvalue weighted by atomic mass is 10.2. The Bertz CT molecular complexity index is 112. The van der Waals surface area contributed by atoms with Crippen LogP contribution in [0.5, 0.6) is 0 Å². The zero-order chi connectivity index (χ0) is 8.81. The van der Waals surface area contributed by atoms with E-state index in [-0.39, 0.29) is 6.04 Å². The van der Waals surface area contributed by atoms with E-state index in [1.54, 1.807) is 0 Å². The van der Waals surface area contributed by atoms with Crippen molar-refractivity contribution in [1.82, 2.24) is 10.4 Å². The molecule has 0 amide bonds. The van der Waals surface area contributed by atoms with Gasteiger partial charge in [0, 0.05) is 25.7 Å². The van der Waals surface area contributed by atoms with Crippen molar-refractivity contribution in [3.05, 3.63) is 0 Å². The first-order chi connectivity index (χ1) is 5.86. The molecule has 0 aromatic rings. The number of nitrogens with zero attached hydrogens (tertiary/aromatic N) is 1. The summed E-state index contributed by atoms with van der Waals surface area (Å²) in [5.41, 5.74) is 2.32. The fourth-order valence-electron chi connectivity index (χ4n) is 1.36. The number of ether oxygens (including phenoxy) is 1. The summed E-state index contributed by atoms with van der Waals surface area (Å²) >= 11 is 0. The summed E-state index contributed by atoms with van der Waals surface area (Å²) in [6.45, 7) is 6.59. The van der Waals surface area contributed by atoms with Crippen molar-refractivity contribution >= 4 is 0 Å². The molecular weight excluding hydrogens is 156 g/mol. The van der Waals surface area contributed by atoms with Gasteiger partial charge in [-0.05, 0) is 6.42 Å². The summed E-state index contributed by atoms with van der Waals surface area (Å²) in [6.07, 6.45) is 0.952. The van der Waals surface area contributed by atoms with Gasteiger partial charge in [-0.3, -0.25) is 4.90 Å². The molecule has 0 radical (unpaired) electrons. The zero-order valence-electron chi connectivity index (χ0n) is 7.62. The van der Waals surface area contributed by atoms with E-state index in [0.717, 1.165) is 39.3 Å². The van der Waals surface area contributed by atoms with E-state index >= 15 is 0 Å². The molecule has 0 saturated carbocycles. The first kappa shape index (κ1) is 9.92. The summed E-state index contributed by atoms with van der Waals surface area (Å²) in [4.78, 5) is 2.31. The van der Waals surface area contributed by atoms with Crippen LogP contribution in [0.1, 0.15) is 13.3 Å². The second-order valence-electron chi connectivity index (χ2n) is 3.15. The molecule has 0 spiro atoms. The van der Waals surface area contributed by atoms with Crippen LogP contribution in [0.3, 0.4) is 0 Å². The Balaban J connectivity index is 2.18. The molecule has 1 aliphatic rings. The highest BCUT2D eigenvalue weighted by atomic mass is 16.5. The highest BCUT2D eigenvalue weighted by Crippen LogP contribution is 2.00. The lowest BCUT2D eigenvalue weighted by molar-refractivity contribution is 0.0207. The molecule has 1 fully saturated rings. The number of morpholine rings is 1. The molecule has 12 heavy (non-hydrogen) atoms. The molecule has 1 atom stereocenters. The predicted octanol–water partition coefficient (Wildman–Crippen LogP) is 0.0760. The number of nitrogens with one attached hydrogen (secondary N) is 1. The lowest BCUT2D eigenvalue weighted by Gasteiger charge is -2.29. The second kappa shape index (κ2) is 5.48. The fourth-order valence-corrected chi connectivity index (χ4v) is 1.36. The van der Waals surface area contributed by atoms with Gasteiger partial charge in [0.25, 0.3) is 0 Å². The van der Waals surface area contributed by atoms with Crippen molar-refractivity contribution in [2.75, 3.05) is 32.8 Å². The van der Waals surface area contributed by atoms with Crippen LogP contribution >= 0.6 is 0 Å². The molecule has 1 aliphatic heterocycles. The minimum Gasteiger partial charge on any atom is -0.379 e. The third-order valence-electron chi connectivity index (χ3n) is 2.26. The van der Waals surface area contributed by atoms with Crippen LogP contribution in [0.4, 0.5) is 0 Å². The van der Waals surface area contributed by atoms with Gasteiger partial charge in [-0.25, -0.2) is 5.48 Å². The summed E-state index contributed by atoms with van der Waals surface area (Å²) in [5.74, 6) is 0. The highest BCUT2D eigenvalue weighted by Gasteiger charge is 2.14. The smallest absolute Gasteiger partial charge is 0.0594 e. The van der Waals surface area contributed by atoms with Gasteiger partial charge in [-0.15, -0.1) is 0 Å². The van der Waals surface area contributed by atoms with E-state index in [1.165, 1.54) is 0 Å². The van der Waals surface area contributed by atoms with Crippen LogP contribution in [0.2, 0.25) is 0 Å². The minimum absolute atomic E-state index is 0.197. The van der Waals surface area contributed by atoms with E-state index < -0.39 is 0 Å². The third-order valence-corrected chi connectivity index (χ3v) is 2.26. The number of rotatable bonds is 4. The van der Waals surface area contributed by atoms with Gasteiger partial charge in [0.2, 0.25) is 0 Å². The van der Waals surface area contributed by atoms with Gasteiger partial charge >= 0.3 is 0 Å². The summed E-state index contributed by atoms with van der Waals surface area (Å²) in [5, 5.41) is 8.75. The van der Waals surface area contributed by atoms with Crippen LogP contribution in [0, 0.1) is 0 Å². The number of hydrogen-bond donors (Lipinski definition) is 2. The molecule has 72 valence electrons. The van der Waals surface area contributed by atoms with Gasteiger partial charge in [-0.2, -0.15) is 0 Å². The molecule has 0 bridgehead atoms. The molecule has 1 saturated heterocycles. The molecular formula is C8H18N2O2. The fraction of sp³-hybridized carbons (Fsp3) is 1.00. The SMILES string of the molecule is CCC(CN1CCOCC1)NO. The Hall–Kier alpha value is -0.160. The molecule has 0 aromatic heterocycles. The van der Waals surface area contributed by atoms with Crippen molar-refractivity contribution in [3.8, 4) is 0 Å². The van der Waals surface area contributed by atoms with E-state index in [1.807, 2.05) is 0 Å². The van der Waals surface area contributed by atoms with E-state index in [9.17, 15) is 0 Å². The predicted molar refractivity (Wildman–Crippen MR) is 46.3 cm³/mol. The Labute approximate surface area is 73.5 Å². The van der Waals surface area contributed by atoms with Crippen molar-refractivity contribution in [2.24, 2.45) is 0 Å². The summed E-state index contributed by atoms with van der Waals surface area (Å²) in [7, 11) is 0. The third kappa shape index (κ3) is 3.06. The molecule has 0 aliphatic carbocycles. The normalized spacial score (nSPS) is 22.5. The van der Waals surface area contributed by atoms with Gasteiger partial charge in [0.15, 0.2) is 0 Å². The largest absolute Gasteiger partial charge is 0.379 e. The Morgan fingerprint density at radius 3 is 2.67 bits per heavy atom. The molecule has 1 heterocycles. The zero-order valence-corrected chi connectivity index (χ0v) is 7.62. The summed E-state index contributed by atoms with van der Waals surface area (Å²) < 4.78 is 5.22. The van der Waals surface area contributed by atoms with Crippen molar-refractivity contribution in [1.29, 1.82) is 0 Å². The van der Waals surface area contributed by atoms with Crippen LogP contribution in [0.15, 0.2) is 0 Å². The maximum atomic E-state index is 8.75. The molecule has 1 unspecified atom stereocenters. The van der Waals surface area contributed by atoms with Crippen molar-refractivity contribution in [2.45, 2.75) is 19.4 Å². The van der Waals surface area contributed by atoms with Gasteiger partial charge in [0.1, 0.15) is 0 Å². The van der Waals surface area contributed by atoms with Crippen LogP contribution < -0.4 is 5.48 Å². The van der Waals surface area contributed by atoms with E-state index in [2.05, 4.69) is 17.3 Å². The van der Waals surface area contributed by atoms with Gasteiger partial charge in [-0.1, -0.05) is 6.92 Å². The standard InChI is InChI=1S/C8H18N2O2/c1-2-8(9-11)7-10-3-5-12-6-4-10/h8-9,11H,2-7H2,1H3. The van der Waals surface area contributed by atoms with Crippen LogP contribution in [0.25, 0.3) is 0 Å². The average molecular weight is 174 g/mol. The quantitative estimate of drug-likeness (QED) is 0.592. The first-order valence-corrected chi connectivity index (χ1v) is 4.56. The number of hydrogen-bond acceptors (Lipinski definition) is 4. The Morgan fingerprint density at radius 1 is 1.50 bits per heavy atom. The first-order valence-electron chi connectivity index (χ1n) is 4.56. The monoisotopic (exact) mass is 174 g/mol. The van der Waals surface area contributed by atoms with Crippen LogP contribution in [-0.4, -0.2) is 49.0 Å². The van der Waals surface area contributed by atoms with Crippen LogP contribution in [-0.2, 0) is 4.74 Å². The van der Waals surface area contributed by atoms with Gasteiger partial charge in [0.05, 0.1) is 13.2 Å². The molecule has 1 rings (SSSR count). The molecule has 0 aromatic carbocycles. The Morgan fingerprint density at radius 2 is 2.17 bits per heavy atom. The van der Waals surface area contributed by atoms with Crippen molar-refractivity contribution < 1.29 is 9.94 Å². The van der Waals surface area contributed by atoms with E-state index in [4.69, 9.17) is 9.94 Å². The average Bonchev–Trinajstić information content (AvgIpc) is 2.16. The topological polar surface area (TPSA) is 44.7 Å².